The summed E-state index contributed by atoms with van der Waals surface area (Å²) in [5, 5.41) is 6.61. The minimum Gasteiger partial charge on any atom is -0.269 e. The average molecular weight is 255 g/mol. The Morgan fingerprint density at radius 3 is 2.71 bits per heavy atom. The van der Waals surface area contributed by atoms with E-state index in [4.69, 9.17) is 12.2 Å². The topological polar surface area (TPSA) is 33.6 Å². The molecule has 0 unspecified atom stereocenters. The molecule has 1 heterocycles. The highest BCUT2D eigenvalue weighted by molar-refractivity contribution is 7.71. The molecule has 6 heteroatoms. The average Bonchev–Trinajstić information content (AvgIpc) is 2.65. The first-order valence-electron chi connectivity index (χ1n) is 5.14. The van der Waals surface area contributed by atoms with Crippen LogP contribution in [0.1, 0.15) is 25.6 Å². The van der Waals surface area contributed by atoms with Crippen LogP contribution in [0.15, 0.2) is 18.2 Å². The SMILES string of the molecule is CC(C)c1n[nH]c(=S)n1-c1cccc(F)c1F. The van der Waals surface area contributed by atoms with Gasteiger partial charge in [0.15, 0.2) is 16.4 Å². The van der Waals surface area contributed by atoms with Crippen molar-refractivity contribution in [2.24, 2.45) is 0 Å². The molecule has 1 aromatic carbocycles. The highest BCUT2D eigenvalue weighted by Gasteiger charge is 2.16. The summed E-state index contributed by atoms with van der Waals surface area (Å²) in [4.78, 5) is 0. The van der Waals surface area contributed by atoms with Crippen molar-refractivity contribution < 1.29 is 8.78 Å². The number of nitrogens with zero attached hydrogens (tertiary/aromatic N) is 2. The molecule has 0 aliphatic heterocycles. The lowest BCUT2D eigenvalue weighted by molar-refractivity contribution is 0.502. The summed E-state index contributed by atoms with van der Waals surface area (Å²) in [6.07, 6.45) is 0. The third-order valence-electron chi connectivity index (χ3n) is 2.39. The van der Waals surface area contributed by atoms with Crippen LogP contribution in [-0.2, 0) is 0 Å². The van der Waals surface area contributed by atoms with Crippen LogP contribution in [0.5, 0.6) is 0 Å². The Kier molecular flexibility index (Phi) is 3.06. The van der Waals surface area contributed by atoms with Crippen molar-refractivity contribution >= 4 is 12.2 Å². The van der Waals surface area contributed by atoms with E-state index in [-0.39, 0.29) is 16.4 Å². The number of H-pyrrole nitrogens is 1. The molecule has 0 aliphatic rings. The van der Waals surface area contributed by atoms with Crippen molar-refractivity contribution in [2.75, 3.05) is 0 Å². The first kappa shape index (κ1) is 11.9. The van der Waals surface area contributed by atoms with Crippen LogP contribution in [0.25, 0.3) is 5.69 Å². The molecule has 0 saturated heterocycles. The van der Waals surface area contributed by atoms with E-state index in [1.54, 1.807) is 0 Å². The summed E-state index contributed by atoms with van der Waals surface area (Å²) in [5.74, 6) is -1.21. The van der Waals surface area contributed by atoms with Gasteiger partial charge in [0.2, 0.25) is 0 Å². The predicted octanol–water partition coefficient (Wildman–Crippen LogP) is 3.33. The summed E-state index contributed by atoms with van der Waals surface area (Å²) in [6, 6.07) is 3.97. The van der Waals surface area contributed by atoms with Gasteiger partial charge >= 0.3 is 0 Å². The van der Waals surface area contributed by atoms with Crippen molar-refractivity contribution in [2.45, 2.75) is 19.8 Å². The van der Waals surface area contributed by atoms with E-state index >= 15 is 0 Å². The molecular weight excluding hydrogens is 244 g/mol. The van der Waals surface area contributed by atoms with E-state index in [2.05, 4.69) is 10.2 Å². The second-order valence-electron chi connectivity index (χ2n) is 3.95. The van der Waals surface area contributed by atoms with Crippen LogP contribution in [0.3, 0.4) is 0 Å². The molecule has 0 saturated carbocycles. The third kappa shape index (κ3) is 2.00. The molecule has 1 N–H and O–H groups in total. The smallest absolute Gasteiger partial charge is 0.199 e. The van der Waals surface area contributed by atoms with E-state index in [0.717, 1.165) is 6.07 Å². The molecule has 2 rings (SSSR count). The summed E-state index contributed by atoms with van der Waals surface area (Å²) >= 11 is 5.03. The number of hydrogen-bond donors (Lipinski definition) is 1. The van der Waals surface area contributed by atoms with E-state index in [1.807, 2.05) is 13.8 Å². The van der Waals surface area contributed by atoms with Crippen molar-refractivity contribution in [3.05, 3.63) is 40.4 Å². The highest BCUT2D eigenvalue weighted by atomic mass is 32.1. The maximum atomic E-state index is 13.7. The maximum absolute atomic E-state index is 13.7. The molecule has 1 aromatic heterocycles. The van der Waals surface area contributed by atoms with Crippen LogP contribution in [0.2, 0.25) is 0 Å². The van der Waals surface area contributed by atoms with Gasteiger partial charge in [0.1, 0.15) is 5.82 Å². The number of halogens is 2. The number of aromatic amines is 1. The molecule has 0 radical (unpaired) electrons. The lowest BCUT2D eigenvalue weighted by atomic mass is 10.2. The largest absolute Gasteiger partial charge is 0.269 e. The number of hydrogen-bond acceptors (Lipinski definition) is 2. The fourth-order valence-corrected chi connectivity index (χ4v) is 1.83. The fraction of sp³-hybridized carbons (Fsp3) is 0.273. The van der Waals surface area contributed by atoms with Crippen molar-refractivity contribution in [1.82, 2.24) is 14.8 Å². The zero-order valence-corrected chi connectivity index (χ0v) is 10.2. The molecular formula is C11H11F2N3S. The first-order valence-corrected chi connectivity index (χ1v) is 5.55. The van der Waals surface area contributed by atoms with E-state index < -0.39 is 11.6 Å². The minimum absolute atomic E-state index is 0.0469. The van der Waals surface area contributed by atoms with Gasteiger partial charge in [-0.1, -0.05) is 19.9 Å². The minimum atomic E-state index is -0.924. The van der Waals surface area contributed by atoms with Gasteiger partial charge in [-0.25, -0.2) is 8.78 Å². The molecule has 0 aliphatic carbocycles. The summed E-state index contributed by atoms with van der Waals surface area (Å²) in [6.45, 7) is 3.80. The lowest BCUT2D eigenvalue weighted by Crippen LogP contribution is -2.06. The summed E-state index contributed by atoms with van der Waals surface area (Å²) < 4.78 is 28.6. The van der Waals surface area contributed by atoms with Crippen molar-refractivity contribution in [1.29, 1.82) is 0 Å². The van der Waals surface area contributed by atoms with Crippen LogP contribution in [0, 0.1) is 16.4 Å². The molecule has 3 nitrogen and oxygen atoms in total. The van der Waals surface area contributed by atoms with Crippen molar-refractivity contribution in [3.8, 4) is 5.69 Å². The second kappa shape index (κ2) is 4.37. The van der Waals surface area contributed by atoms with Gasteiger partial charge in [0, 0.05) is 5.92 Å². The standard InChI is InChI=1S/C11H11F2N3S/c1-6(2)10-14-15-11(17)16(10)8-5-3-4-7(12)9(8)13/h3-6H,1-2H3,(H,15,17). The number of nitrogens with one attached hydrogen (secondary N) is 1. The Morgan fingerprint density at radius 2 is 2.06 bits per heavy atom. The molecule has 0 amide bonds. The quantitative estimate of drug-likeness (QED) is 0.835. The van der Waals surface area contributed by atoms with Crippen LogP contribution < -0.4 is 0 Å². The molecule has 0 bridgehead atoms. The van der Waals surface area contributed by atoms with E-state index in [0.29, 0.717) is 5.82 Å². The molecule has 0 atom stereocenters. The van der Waals surface area contributed by atoms with Gasteiger partial charge < -0.3 is 0 Å². The van der Waals surface area contributed by atoms with Crippen LogP contribution in [-0.4, -0.2) is 14.8 Å². The number of benzene rings is 1. The van der Waals surface area contributed by atoms with Gasteiger partial charge in [0.05, 0.1) is 5.69 Å². The Balaban J connectivity index is 2.72. The van der Waals surface area contributed by atoms with Gasteiger partial charge in [-0.2, -0.15) is 5.10 Å². The van der Waals surface area contributed by atoms with Crippen LogP contribution >= 0.6 is 12.2 Å². The van der Waals surface area contributed by atoms with Crippen molar-refractivity contribution in [3.63, 3.8) is 0 Å². The maximum Gasteiger partial charge on any atom is 0.199 e. The van der Waals surface area contributed by atoms with Gasteiger partial charge in [0.25, 0.3) is 0 Å². The molecule has 17 heavy (non-hydrogen) atoms. The lowest BCUT2D eigenvalue weighted by Gasteiger charge is -2.10. The van der Waals surface area contributed by atoms with Crippen LogP contribution in [0.4, 0.5) is 8.78 Å². The molecule has 2 aromatic rings. The van der Waals surface area contributed by atoms with Gasteiger partial charge in [-0.3, -0.25) is 9.67 Å². The van der Waals surface area contributed by atoms with Gasteiger partial charge in [-0.05, 0) is 24.4 Å². The Hall–Kier alpha value is -1.56. The third-order valence-corrected chi connectivity index (χ3v) is 2.66. The Morgan fingerprint density at radius 1 is 1.35 bits per heavy atom. The normalized spacial score (nSPS) is 11.1. The molecule has 90 valence electrons. The van der Waals surface area contributed by atoms with E-state index in [9.17, 15) is 8.78 Å². The van der Waals surface area contributed by atoms with Gasteiger partial charge in [-0.15, -0.1) is 0 Å². The molecule has 0 fully saturated rings. The second-order valence-corrected chi connectivity index (χ2v) is 4.34. The highest BCUT2D eigenvalue weighted by Crippen LogP contribution is 2.21. The molecule has 0 spiro atoms. The summed E-state index contributed by atoms with van der Waals surface area (Å²) in [7, 11) is 0. The number of rotatable bonds is 2. The number of aromatic nitrogens is 3. The first-order chi connectivity index (χ1) is 8.02. The fourth-order valence-electron chi connectivity index (χ4n) is 1.59. The monoisotopic (exact) mass is 255 g/mol. The summed E-state index contributed by atoms with van der Waals surface area (Å²) in [5.41, 5.74) is 0.0763. The Bertz CT molecular complexity index is 601. The van der Waals surface area contributed by atoms with E-state index in [1.165, 1.54) is 16.7 Å². The zero-order valence-electron chi connectivity index (χ0n) is 9.37. The predicted molar refractivity (Wildman–Crippen MR) is 62.8 cm³/mol. The zero-order chi connectivity index (χ0) is 12.6. The Labute approximate surface area is 102 Å².